The third-order valence-corrected chi connectivity index (χ3v) is 17.2. The molecule has 3 aromatic carbocycles. The van der Waals surface area contributed by atoms with Gasteiger partial charge in [0.15, 0.2) is 11.2 Å². The smallest absolute Gasteiger partial charge is 0.226 e. The van der Waals surface area contributed by atoms with Crippen molar-refractivity contribution < 1.29 is 64.4 Å². The van der Waals surface area contributed by atoms with E-state index in [1.165, 1.54) is 42.0 Å². The largest absolute Gasteiger partial charge is 0.508 e. The number of hydrogen-bond donors (Lipinski definition) is 9. The number of aryl methyl sites for hydroxylation is 1. The summed E-state index contributed by atoms with van der Waals surface area (Å²) in [6, 6.07) is 10.4. The second kappa shape index (κ2) is 17.7. The van der Waals surface area contributed by atoms with Crippen LogP contribution in [-0.4, -0.2) is 109 Å². The maximum Gasteiger partial charge on any atom is 0.226 e. The van der Waals surface area contributed by atoms with Crippen LogP contribution >= 0.6 is 0 Å². The zero-order chi connectivity index (χ0) is 48.9. The summed E-state index contributed by atoms with van der Waals surface area (Å²) >= 11 is 0. The highest BCUT2D eigenvalue weighted by molar-refractivity contribution is 5.92. The molecule has 1 amide bonds. The van der Waals surface area contributed by atoms with E-state index in [0.29, 0.717) is 69.5 Å². The number of fused-ring (bicyclic) bond motifs is 6. The zero-order valence-electron chi connectivity index (χ0n) is 39.4. The molecule has 16 nitrogen and oxygen atoms in total. The van der Waals surface area contributed by atoms with Gasteiger partial charge in [0.25, 0.3) is 0 Å². The van der Waals surface area contributed by atoms with E-state index in [-0.39, 0.29) is 53.1 Å². The number of phenolic OH excluding ortho intramolecular Hbond substituents is 2. The summed E-state index contributed by atoms with van der Waals surface area (Å²) < 4.78 is 14.1. The molecule has 370 valence electrons. The fraction of sp³-hybridized carbons (Fsp3) is 0.500. The van der Waals surface area contributed by atoms with Gasteiger partial charge in [-0.1, -0.05) is 37.5 Å². The van der Waals surface area contributed by atoms with Gasteiger partial charge >= 0.3 is 0 Å². The minimum atomic E-state index is -2.41. The number of ether oxygens (including phenoxy) is 1. The molecule has 9 N–H and O–H groups in total. The van der Waals surface area contributed by atoms with Gasteiger partial charge < -0.3 is 50.2 Å². The topological polar surface area (TPSA) is 245 Å². The van der Waals surface area contributed by atoms with Crippen molar-refractivity contribution in [3.63, 3.8) is 0 Å². The van der Waals surface area contributed by atoms with E-state index in [9.17, 15) is 45.3 Å². The number of carbonyl (C=O) groups excluding carboxylic acids is 1. The Hall–Kier alpha value is -5.43. The number of allylic oxidation sites excluding steroid dienone is 2. The molecular weight excluding hydrogens is 899 g/mol. The zero-order valence-corrected chi connectivity index (χ0v) is 39.4. The maximum atomic E-state index is 14.2. The van der Waals surface area contributed by atoms with Crippen molar-refractivity contribution in [1.82, 2.24) is 5.32 Å². The van der Waals surface area contributed by atoms with Crippen LogP contribution in [0.4, 0.5) is 5.69 Å². The number of aliphatic hydroxyl groups is 5. The van der Waals surface area contributed by atoms with Crippen LogP contribution in [0, 0.1) is 30.1 Å². The van der Waals surface area contributed by atoms with Gasteiger partial charge in [-0.15, -0.1) is 0 Å². The van der Waals surface area contributed by atoms with Gasteiger partial charge in [0.1, 0.15) is 77.4 Å². The Morgan fingerprint density at radius 3 is 2.70 bits per heavy atom. The van der Waals surface area contributed by atoms with E-state index in [2.05, 4.69) is 29.5 Å². The molecule has 11 rings (SSSR count). The SMILES string of the molecule is CCC1C2=CC=NC2=C[NH+]1c1c2c(cc3c(=O)cc(C)oc13)CC(OOCC(O)(Cc1ccc(O)c3ccc(O)cc13)C(O)C(O)C(O)CO)C1(CC=C3CCC4CCCCC45C(=O)NCC5C3C1)O2. The summed E-state index contributed by atoms with van der Waals surface area (Å²) in [7, 11) is 0. The van der Waals surface area contributed by atoms with E-state index >= 15 is 0 Å². The number of rotatable bonds is 12. The third-order valence-electron chi connectivity index (χ3n) is 17.2. The summed E-state index contributed by atoms with van der Waals surface area (Å²) in [5.41, 5.74) is 1.04. The van der Waals surface area contributed by atoms with Gasteiger partial charge in [-0.3, -0.25) is 19.5 Å². The van der Waals surface area contributed by atoms with E-state index in [0.717, 1.165) is 61.1 Å². The first-order valence-corrected chi connectivity index (χ1v) is 24.9. The van der Waals surface area contributed by atoms with Crippen LogP contribution in [0.15, 0.2) is 91.9 Å². The molecular formula is C54H62N3O13+. The van der Waals surface area contributed by atoms with Crippen LogP contribution in [-0.2, 0) is 27.4 Å². The number of quaternary nitrogens is 1. The second-order valence-electron chi connectivity index (χ2n) is 21.0. The third kappa shape index (κ3) is 7.44. The molecule has 4 aromatic rings. The number of aliphatic hydroxyl groups excluding tert-OH is 4. The van der Waals surface area contributed by atoms with Crippen molar-refractivity contribution in [3.05, 3.63) is 105 Å². The Kier molecular flexibility index (Phi) is 11.9. The molecule has 12 atom stereocenters. The number of aromatic hydroxyl groups is 2. The van der Waals surface area contributed by atoms with Crippen LogP contribution in [0.1, 0.15) is 81.6 Å². The molecule has 5 heterocycles. The van der Waals surface area contributed by atoms with Gasteiger partial charge in [0.05, 0.1) is 17.4 Å². The minimum Gasteiger partial charge on any atom is -0.508 e. The molecule has 2 spiro atoms. The summed E-state index contributed by atoms with van der Waals surface area (Å²) in [5.74, 6) is 1.13. The van der Waals surface area contributed by atoms with Crippen molar-refractivity contribution in [3.8, 4) is 17.2 Å². The standard InChI is InChI=1S/C54H61N3O13/c1-3-41-35-14-17-55-40(35)25-57(41)46-48-31(19-37-43(61)18-28(2)68-49(37)46)20-45(53(69-48)16-13-29-7-9-32-6-4-5-15-54(32)39(38(29)23-53)24-56-51(54)65)70-67-27-52(66,50(64)47(63)44(62)26-58)22-30-8-12-42(60)34-11-10-33(59)21-36(30)34/h8,10-14,17-19,21,25,32,38-39,41,44-45,47,50,58-60,62-64,66H,3-7,9,15-16,20,22-24,26-27H2,1-2H3,(H,56,65)/p+1. The molecule has 1 aromatic heterocycles. The normalized spacial score (nSPS) is 31.0. The molecule has 3 aliphatic carbocycles. The van der Waals surface area contributed by atoms with Crippen LogP contribution in [0.5, 0.6) is 17.2 Å². The maximum absolute atomic E-state index is 14.2. The highest BCUT2D eigenvalue weighted by atomic mass is 17.2. The molecule has 0 bridgehead atoms. The molecule has 0 radical (unpaired) electrons. The first kappa shape index (κ1) is 46.9. The van der Waals surface area contributed by atoms with Gasteiger partial charge in [-0.25, -0.2) is 9.78 Å². The lowest BCUT2D eigenvalue weighted by Gasteiger charge is -2.50. The average molecular weight is 961 g/mol. The van der Waals surface area contributed by atoms with E-state index in [1.807, 2.05) is 6.08 Å². The summed E-state index contributed by atoms with van der Waals surface area (Å²) in [5, 5.41) is 81.1. The predicted molar refractivity (Wildman–Crippen MR) is 256 cm³/mol. The highest BCUT2D eigenvalue weighted by Crippen LogP contribution is 2.61. The number of phenols is 2. The fourth-order valence-electron chi connectivity index (χ4n) is 13.7. The Bertz CT molecular complexity index is 2960. The first-order valence-electron chi connectivity index (χ1n) is 24.9. The predicted octanol–water partition coefficient (Wildman–Crippen LogP) is 3.92. The first-order chi connectivity index (χ1) is 33.7. The molecule has 12 unspecified atom stereocenters. The van der Waals surface area contributed by atoms with Crippen LogP contribution in [0.25, 0.3) is 21.7 Å². The number of aliphatic imine (C=N–C) groups is 1. The summed E-state index contributed by atoms with van der Waals surface area (Å²) in [6.45, 7) is 2.72. The molecule has 2 saturated carbocycles. The van der Waals surface area contributed by atoms with Crippen molar-refractivity contribution in [2.24, 2.45) is 28.2 Å². The van der Waals surface area contributed by atoms with E-state index < -0.39 is 60.7 Å². The van der Waals surface area contributed by atoms with E-state index in [1.54, 1.807) is 19.2 Å². The lowest BCUT2D eigenvalue weighted by Crippen LogP contribution is -3.05. The molecule has 16 heteroatoms. The summed E-state index contributed by atoms with van der Waals surface area (Å²) in [6.07, 6.45) is 8.28. The number of amides is 1. The van der Waals surface area contributed by atoms with E-state index in [4.69, 9.17) is 18.9 Å². The molecule has 3 fully saturated rings. The average Bonchev–Trinajstić information content (AvgIpc) is 4.02. The Balaban J connectivity index is 1.02. The molecule has 4 aliphatic heterocycles. The van der Waals surface area contributed by atoms with Gasteiger partial charge in [-0.05, 0) is 104 Å². The monoisotopic (exact) mass is 960 g/mol. The molecule has 70 heavy (non-hydrogen) atoms. The highest BCUT2D eigenvalue weighted by Gasteiger charge is 2.62. The number of carbonyl (C=O) groups is 1. The van der Waals surface area contributed by atoms with Crippen molar-refractivity contribution >= 4 is 39.6 Å². The lowest BCUT2D eigenvalue weighted by atomic mass is 9.56. The number of nitrogens with zero attached hydrogens (tertiary/aromatic N) is 1. The Labute approximate surface area is 404 Å². The van der Waals surface area contributed by atoms with Crippen LogP contribution in [0.2, 0.25) is 0 Å². The Morgan fingerprint density at radius 2 is 1.89 bits per heavy atom. The van der Waals surface area contributed by atoms with Crippen molar-refractivity contribution in [1.29, 1.82) is 0 Å². The number of hydrogen-bond acceptors (Lipinski definition) is 14. The Morgan fingerprint density at radius 1 is 1.04 bits per heavy atom. The van der Waals surface area contributed by atoms with Gasteiger partial charge in [-0.2, -0.15) is 0 Å². The number of benzene rings is 3. The van der Waals surface area contributed by atoms with Crippen molar-refractivity contribution in [2.45, 2.75) is 126 Å². The lowest BCUT2D eigenvalue weighted by molar-refractivity contribution is -0.793. The van der Waals surface area contributed by atoms with Gasteiger partial charge in [0.2, 0.25) is 17.2 Å². The second-order valence-corrected chi connectivity index (χ2v) is 21.0. The molecule has 7 aliphatic rings. The quantitative estimate of drug-likeness (QED) is 0.0556. The van der Waals surface area contributed by atoms with Crippen molar-refractivity contribution in [2.75, 3.05) is 19.8 Å². The van der Waals surface area contributed by atoms with Crippen LogP contribution in [0.3, 0.4) is 0 Å². The molecule has 1 saturated heterocycles. The van der Waals surface area contributed by atoms with Crippen LogP contribution < -0.4 is 20.4 Å². The van der Waals surface area contributed by atoms with Gasteiger partial charge in [0, 0.05) is 61.0 Å². The number of nitrogens with one attached hydrogen (secondary N) is 2. The minimum absolute atomic E-state index is 0.00127. The summed E-state index contributed by atoms with van der Waals surface area (Å²) in [4.78, 5) is 46.4. The fourth-order valence-corrected chi connectivity index (χ4v) is 13.7.